The summed E-state index contributed by atoms with van der Waals surface area (Å²) in [6.07, 6.45) is 9.77. The molecule has 2 aliphatic heterocycles. The smallest absolute Gasteiger partial charge is 0.301 e. The van der Waals surface area contributed by atoms with E-state index in [0.717, 1.165) is 80.9 Å². The Morgan fingerprint density at radius 2 is 1.73 bits per heavy atom. The number of benzene rings is 3. The minimum Gasteiger partial charge on any atom is -0.453 e. The zero-order chi connectivity index (χ0) is 42.3. The van der Waals surface area contributed by atoms with E-state index in [1.807, 2.05) is 18.2 Å². The molecule has 4 aliphatic rings. The van der Waals surface area contributed by atoms with Gasteiger partial charge in [-0.1, -0.05) is 13.0 Å². The number of fused-ring (bicyclic) bond motifs is 1. The van der Waals surface area contributed by atoms with Crippen molar-refractivity contribution in [3.8, 4) is 17.6 Å². The summed E-state index contributed by atoms with van der Waals surface area (Å²) in [6.45, 7) is 3.77. The van der Waals surface area contributed by atoms with Gasteiger partial charge >= 0.3 is 10.2 Å². The second-order valence-corrected chi connectivity index (χ2v) is 18.4. The van der Waals surface area contributed by atoms with Crippen molar-refractivity contribution in [3.05, 3.63) is 88.0 Å². The molecule has 17 heteroatoms. The molecule has 4 fully saturated rings. The van der Waals surface area contributed by atoms with E-state index in [4.69, 9.17) is 4.74 Å². The fraction of sp³-hybridized carbons (Fsp3) is 0.465. The van der Waals surface area contributed by atoms with Gasteiger partial charge in [0.05, 0.1) is 22.9 Å². The number of rotatable bonds is 11. The highest BCUT2D eigenvalue weighted by Gasteiger charge is 2.47. The number of ether oxygens (including phenoxy) is 1. The topological polar surface area (TPSA) is 179 Å². The second kappa shape index (κ2) is 16.5. The Bertz CT molecular complexity index is 2540. The van der Waals surface area contributed by atoms with Gasteiger partial charge in [0.15, 0.2) is 11.6 Å². The van der Waals surface area contributed by atoms with Crippen LogP contribution in [-0.4, -0.2) is 77.8 Å². The Morgan fingerprint density at radius 1 is 0.983 bits per heavy atom. The minimum atomic E-state index is -4.01. The molecule has 1 aromatic heterocycles. The third kappa shape index (κ3) is 8.20. The molecule has 8 rings (SSSR count). The summed E-state index contributed by atoms with van der Waals surface area (Å²) < 4.78 is 66.6. The van der Waals surface area contributed by atoms with Crippen molar-refractivity contribution in [2.24, 2.45) is 5.41 Å². The van der Waals surface area contributed by atoms with E-state index >= 15 is 8.78 Å². The van der Waals surface area contributed by atoms with Crippen molar-refractivity contribution < 1.29 is 31.5 Å². The van der Waals surface area contributed by atoms with E-state index in [2.05, 4.69) is 25.2 Å². The Balaban J connectivity index is 0.861. The first-order valence-corrected chi connectivity index (χ1v) is 22.0. The summed E-state index contributed by atoms with van der Waals surface area (Å²) in [4.78, 5) is 44.6. The number of amides is 2. The number of piperidine rings is 2. The average molecular weight is 843 g/mol. The third-order valence-electron chi connectivity index (χ3n) is 13.1. The van der Waals surface area contributed by atoms with Gasteiger partial charge in [-0.15, -0.1) is 0 Å². The van der Waals surface area contributed by atoms with Crippen molar-refractivity contribution in [3.63, 3.8) is 0 Å². The fourth-order valence-corrected chi connectivity index (χ4v) is 10.4. The van der Waals surface area contributed by atoms with Gasteiger partial charge in [0.25, 0.3) is 5.56 Å². The maximum Gasteiger partial charge on any atom is 0.301 e. The predicted molar refractivity (Wildman–Crippen MR) is 221 cm³/mol. The average Bonchev–Trinajstić information content (AvgIpc) is 3.22. The lowest BCUT2D eigenvalue weighted by Gasteiger charge is -2.54. The Morgan fingerprint density at radius 3 is 2.42 bits per heavy atom. The molecule has 60 heavy (non-hydrogen) atoms. The molecule has 0 bridgehead atoms. The number of aromatic nitrogens is 2. The SMILES string of the molecule is CCN(C)S(=O)(=O)Nc1ccc(F)c(Oc2ccc3ncn(C4CC5(CCN(C6CCC(c7ccc(NC8CCC(=O)NC8=O)cc7F)CC6)CC5)C4)c(=O)c3c2)c1C#N. The van der Waals surface area contributed by atoms with Crippen molar-refractivity contribution >= 4 is 44.3 Å². The first kappa shape index (κ1) is 41.3. The van der Waals surface area contributed by atoms with Gasteiger partial charge in [0, 0.05) is 37.8 Å². The van der Waals surface area contributed by atoms with Crippen LogP contribution in [0.25, 0.3) is 10.9 Å². The van der Waals surface area contributed by atoms with Gasteiger partial charge in [-0.25, -0.2) is 13.8 Å². The molecule has 3 aromatic carbocycles. The van der Waals surface area contributed by atoms with Crippen LogP contribution < -0.4 is 25.7 Å². The molecule has 1 unspecified atom stereocenters. The molecular weight excluding hydrogens is 795 g/mol. The number of carbonyl (C=O) groups is 2. The van der Waals surface area contributed by atoms with Crippen molar-refractivity contribution in [2.45, 2.75) is 95.2 Å². The lowest BCUT2D eigenvalue weighted by molar-refractivity contribution is -0.133. The maximum atomic E-state index is 15.3. The second-order valence-electron chi connectivity index (χ2n) is 16.7. The first-order chi connectivity index (χ1) is 28.8. The van der Waals surface area contributed by atoms with Gasteiger partial charge in [-0.2, -0.15) is 18.0 Å². The standard InChI is InChI=1S/C43H48F2N8O6S/c1-3-51(2)60(57,58)50-37-13-11-34(44)40(33(37)24-46)59-30-9-12-36-32(21-30)42(56)53(25-47-36)29-22-43(23-29)16-18-52(19-17-43)28-7-4-26(5-8-28)31-10-6-27(20-35(31)45)48-38-14-15-39(54)49-41(38)55/h6,9-13,20-21,25-26,28-29,38,48,50H,3-5,7-8,14-19,22-23H2,1-2H3,(H,49,54,55). The van der Waals surface area contributed by atoms with Gasteiger partial charge in [-0.05, 0) is 130 Å². The molecule has 1 atom stereocenters. The number of halogens is 2. The van der Waals surface area contributed by atoms with Crippen molar-refractivity contribution in [2.75, 3.05) is 36.7 Å². The van der Waals surface area contributed by atoms with Gasteiger partial charge in [0.1, 0.15) is 29.2 Å². The Labute approximate surface area is 347 Å². The van der Waals surface area contributed by atoms with Crippen LogP contribution in [-0.2, 0) is 19.8 Å². The lowest BCUT2D eigenvalue weighted by atomic mass is 9.60. The van der Waals surface area contributed by atoms with Crippen LogP contribution in [0.2, 0.25) is 0 Å². The molecule has 316 valence electrons. The molecule has 3 N–H and O–H groups in total. The van der Waals surface area contributed by atoms with Crippen LogP contribution in [0.1, 0.15) is 94.2 Å². The summed E-state index contributed by atoms with van der Waals surface area (Å²) in [7, 11) is -2.64. The highest BCUT2D eigenvalue weighted by molar-refractivity contribution is 7.90. The van der Waals surface area contributed by atoms with E-state index in [-0.39, 0.29) is 75.9 Å². The summed E-state index contributed by atoms with van der Waals surface area (Å²) in [6, 6.07) is 13.5. The first-order valence-electron chi connectivity index (χ1n) is 20.6. The van der Waals surface area contributed by atoms with Crippen molar-refractivity contribution in [1.82, 2.24) is 24.1 Å². The highest BCUT2D eigenvalue weighted by atomic mass is 32.2. The number of carbonyl (C=O) groups excluding carboxylic acids is 2. The van der Waals surface area contributed by atoms with Gasteiger partial charge in [-0.3, -0.25) is 29.0 Å². The number of nitriles is 1. The quantitative estimate of drug-likeness (QED) is 0.145. The number of hydrogen-bond acceptors (Lipinski definition) is 10. The van der Waals surface area contributed by atoms with Crippen LogP contribution >= 0.6 is 0 Å². The molecule has 3 heterocycles. The highest BCUT2D eigenvalue weighted by Crippen LogP contribution is 2.55. The normalized spacial score (nSPS) is 22.3. The molecule has 4 aromatic rings. The monoisotopic (exact) mass is 842 g/mol. The largest absolute Gasteiger partial charge is 0.453 e. The molecule has 2 amide bonds. The van der Waals surface area contributed by atoms with Gasteiger partial charge in [0.2, 0.25) is 11.8 Å². The molecule has 0 radical (unpaired) electrons. The summed E-state index contributed by atoms with van der Waals surface area (Å²) in [5.41, 5.74) is 1.08. The molecule has 2 saturated carbocycles. The summed E-state index contributed by atoms with van der Waals surface area (Å²) in [5, 5.41) is 15.6. The number of nitrogens with one attached hydrogen (secondary N) is 3. The fourth-order valence-electron chi connectivity index (χ4n) is 9.44. The Kier molecular flexibility index (Phi) is 11.4. The maximum absolute atomic E-state index is 15.3. The number of imide groups is 1. The molecule has 1 spiro atoms. The van der Waals surface area contributed by atoms with E-state index in [1.54, 1.807) is 23.9 Å². The number of anilines is 2. The summed E-state index contributed by atoms with van der Waals surface area (Å²) in [5.74, 6) is -2.07. The van der Waals surface area contributed by atoms with Crippen LogP contribution in [0.4, 0.5) is 20.2 Å². The van der Waals surface area contributed by atoms with E-state index in [9.17, 15) is 28.1 Å². The summed E-state index contributed by atoms with van der Waals surface area (Å²) >= 11 is 0. The number of hydrogen-bond donors (Lipinski definition) is 3. The Hall–Kier alpha value is -5.44. The molecular formula is C43H48F2N8O6S. The van der Waals surface area contributed by atoms with E-state index < -0.39 is 27.8 Å². The van der Waals surface area contributed by atoms with Crippen LogP contribution in [0.5, 0.6) is 11.5 Å². The van der Waals surface area contributed by atoms with Crippen LogP contribution in [0.3, 0.4) is 0 Å². The van der Waals surface area contributed by atoms with Crippen molar-refractivity contribution in [1.29, 1.82) is 5.26 Å². The van der Waals surface area contributed by atoms with Gasteiger partial charge < -0.3 is 15.0 Å². The van der Waals surface area contributed by atoms with Crippen LogP contribution in [0.15, 0.2) is 59.7 Å². The lowest BCUT2D eigenvalue weighted by Crippen LogP contribution is -2.51. The number of likely N-dealkylation sites (tertiary alicyclic amines) is 1. The van der Waals surface area contributed by atoms with E-state index in [1.165, 1.54) is 25.2 Å². The van der Waals surface area contributed by atoms with E-state index in [0.29, 0.717) is 29.2 Å². The molecule has 2 aliphatic carbocycles. The zero-order valence-electron chi connectivity index (χ0n) is 33.5. The number of nitrogens with zero attached hydrogens (tertiary/aromatic N) is 5. The third-order valence-corrected chi connectivity index (χ3v) is 14.7. The molecule has 14 nitrogen and oxygen atoms in total. The predicted octanol–water partition coefficient (Wildman–Crippen LogP) is 6.31. The zero-order valence-corrected chi connectivity index (χ0v) is 34.4. The minimum absolute atomic E-state index is 0.0185. The van der Waals surface area contributed by atoms with Crippen LogP contribution in [0, 0.1) is 28.4 Å². The molecule has 2 saturated heterocycles.